The Bertz CT molecular complexity index is 566. The van der Waals surface area contributed by atoms with E-state index in [9.17, 15) is 0 Å². The molecule has 2 heterocycles. The molecule has 25 heavy (non-hydrogen) atoms. The van der Waals surface area contributed by atoms with Crippen LogP contribution < -0.4 is 11.1 Å². The predicted octanol–water partition coefficient (Wildman–Crippen LogP) is 2.67. The van der Waals surface area contributed by atoms with Crippen LogP contribution in [0, 0.1) is 6.92 Å². The van der Waals surface area contributed by atoms with Gasteiger partial charge in [-0.1, -0.05) is 24.1 Å². The molecular weight excluding hydrogens is 310 g/mol. The Kier molecular flexibility index (Phi) is 5.97. The lowest BCUT2D eigenvalue weighted by Gasteiger charge is -2.49. The highest BCUT2D eigenvalue weighted by molar-refractivity contribution is 5.92. The second-order valence-corrected chi connectivity index (χ2v) is 7.77. The van der Waals surface area contributed by atoms with Gasteiger partial charge in [-0.2, -0.15) is 0 Å². The molecule has 0 bridgehead atoms. The lowest BCUT2D eigenvalue weighted by molar-refractivity contribution is 0.0209. The Balaban J connectivity index is 1.67. The number of likely N-dealkylation sites (tertiary alicyclic amines) is 2. The molecule has 0 aliphatic carbocycles. The summed E-state index contributed by atoms with van der Waals surface area (Å²) in [5, 5.41) is 3.24. The van der Waals surface area contributed by atoms with E-state index in [1.165, 1.54) is 50.8 Å². The second-order valence-electron chi connectivity index (χ2n) is 7.77. The van der Waals surface area contributed by atoms with Crippen molar-refractivity contribution in [1.29, 1.82) is 0 Å². The molecule has 0 saturated carbocycles. The first kappa shape index (κ1) is 18.2. The molecule has 0 amide bonds. The van der Waals surface area contributed by atoms with Gasteiger partial charge in [-0.05, 0) is 78.0 Å². The summed E-state index contributed by atoms with van der Waals surface area (Å²) in [4.78, 5) is 9.89. The maximum absolute atomic E-state index is 6.19. The maximum Gasteiger partial charge on any atom is 0.193 e. The predicted molar refractivity (Wildman–Crippen MR) is 106 cm³/mol. The highest BCUT2D eigenvalue weighted by atomic mass is 15.3. The molecule has 2 aliphatic rings. The lowest BCUT2D eigenvalue weighted by Crippen LogP contribution is -2.58. The maximum atomic E-state index is 6.19. The highest BCUT2D eigenvalue weighted by Crippen LogP contribution is 2.31. The Morgan fingerprint density at radius 3 is 2.36 bits per heavy atom. The second kappa shape index (κ2) is 8.19. The van der Waals surface area contributed by atoms with E-state index in [0.717, 1.165) is 25.3 Å². The van der Waals surface area contributed by atoms with Crippen LogP contribution in [0.2, 0.25) is 0 Å². The molecule has 2 fully saturated rings. The lowest BCUT2D eigenvalue weighted by atomic mass is 9.84. The smallest absolute Gasteiger partial charge is 0.193 e. The standard InChI is InChI=1S/C20H33N5/c1-17-6-8-18(9-7-17)23-19(21)22-16-20(10-14-24(2)15-11-20)25-12-4-3-5-13-25/h6-9H,3-5,10-16H2,1-2H3,(H3,21,22,23). The number of hydrogen-bond donors (Lipinski definition) is 2. The summed E-state index contributed by atoms with van der Waals surface area (Å²) in [6.07, 6.45) is 6.37. The third kappa shape index (κ3) is 4.73. The van der Waals surface area contributed by atoms with Crippen LogP contribution in [0.4, 0.5) is 5.69 Å². The van der Waals surface area contributed by atoms with Gasteiger partial charge in [0.25, 0.3) is 0 Å². The topological polar surface area (TPSA) is 56.9 Å². The van der Waals surface area contributed by atoms with Gasteiger partial charge in [-0.15, -0.1) is 0 Å². The van der Waals surface area contributed by atoms with Crippen molar-refractivity contribution in [3.63, 3.8) is 0 Å². The molecule has 1 aromatic rings. The number of benzene rings is 1. The van der Waals surface area contributed by atoms with Crippen molar-refractivity contribution in [1.82, 2.24) is 9.80 Å². The number of nitrogens with two attached hydrogens (primary N) is 1. The van der Waals surface area contributed by atoms with E-state index in [4.69, 9.17) is 10.7 Å². The molecule has 0 atom stereocenters. The van der Waals surface area contributed by atoms with Crippen molar-refractivity contribution in [3.05, 3.63) is 29.8 Å². The average Bonchev–Trinajstić information content (AvgIpc) is 2.64. The van der Waals surface area contributed by atoms with Gasteiger partial charge >= 0.3 is 0 Å². The number of rotatable bonds is 4. The van der Waals surface area contributed by atoms with E-state index in [1.807, 2.05) is 12.1 Å². The van der Waals surface area contributed by atoms with Crippen molar-refractivity contribution in [2.75, 3.05) is 45.1 Å². The van der Waals surface area contributed by atoms with Gasteiger partial charge in [-0.3, -0.25) is 9.89 Å². The first-order valence-electron chi connectivity index (χ1n) is 9.65. The molecule has 3 N–H and O–H groups in total. The van der Waals surface area contributed by atoms with Gasteiger partial charge in [0.2, 0.25) is 0 Å². The minimum absolute atomic E-state index is 0.187. The number of nitrogens with zero attached hydrogens (tertiary/aromatic N) is 3. The molecule has 138 valence electrons. The molecule has 0 aromatic heterocycles. The van der Waals surface area contributed by atoms with Gasteiger partial charge in [-0.25, -0.2) is 0 Å². The summed E-state index contributed by atoms with van der Waals surface area (Å²) in [5.41, 5.74) is 8.62. The summed E-state index contributed by atoms with van der Waals surface area (Å²) in [5.74, 6) is 0.527. The van der Waals surface area contributed by atoms with Crippen molar-refractivity contribution < 1.29 is 0 Å². The number of piperidine rings is 2. The van der Waals surface area contributed by atoms with Crippen molar-refractivity contribution in [2.45, 2.75) is 44.6 Å². The van der Waals surface area contributed by atoms with E-state index in [0.29, 0.717) is 5.96 Å². The van der Waals surface area contributed by atoms with Gasteiger partial charge in [0.15, 0.2) is 5.96 Å². The van der Waals surface area contributed by atoms with E-state index in [-0.39, 0.29) is 5.54 Å². The van der Waals surface area contributed by atoms with Gasteiger partial charge in [0, 0.05) is 11.2 Å². The fraction of sp³-hybridized carbons (Fsp3) is 0.650. The number of nitrogens with one attached hydrogen (secondary N) is 1. The van der Waals surface area contributed by atoms with Crippen LogP contribution >= 0.6 is 0 Å². The zero-order valence-electron chi connectivity index (χ0n) is 15.8. The molecule has 5 heteroatoms. The monoisotopic (exact) mass is 343 g/mol. The normalized spacial score (nSPS) is 22.7. The number of aryl methyl sites for hydroxylation is 1. The van der Waals surface area contributed by atoms with Gasteiger partial charge in [0.05, 0.1) is 6.54 Å². The molecule has 0 spiro atoms. The van der Waals surface area contributed by atoms with E-state index >= 15 is 0 Å². The van der Waals surface area contributed by atoms with E-state index < -0.39 is 0 Å². The van der Waals surface area contributed by atoms with Crippen LogP contribution in [-0.2, 0) is 0 Å². The molecule has 1 aromatic carbocycles. The minimum Gasteiger partial charge on any atom is -0.370 e. The zero-order valence-corrected chi connectivity index (χ0v) is 15.8. The summed E-state index contributed by atoms with van der Waals surface area (Å²) >= 11 is 0. The summed E-state index contributed by atoms with van der Waals surface area (Å²) < 4.78 is 0. The van der Waals surface area contributed by atoms with Crippen LogP contribution in [0.25, 0.3) is 0 Å². The molecular formula is C20H33N5. The number of aliphatic imine (C=N–C) groups is 1. The van der Waals surface area contributed by atoms with Crippen LogP contribution in [0.1, 0.15) is 37.7 Å². The third-order valence-corrected chi connectivity index (χ3v) is 5.81. The van der Waals surface area contributed by atoms with Gasteiger partial charge < -0.3 is 16.0 Å². The largest absolute Gasteiger partial charge is 0.370 e. The number of hydrogen-bond acceptors (Lipinski definition) is 3. The highest BCUT2D eigenvalue weighted by Gasteiger charge is 2.39. The van der Waals surface area contributed by atoms with Crippen LogP contribution in [0.5, 0.6) is 0 Å². The molecule has 2 aliphatic heterocycles. The zero-order chi connectivity index (χ0) is 17.7. The summed E-state index contributed by atoms with van der Waals surface area (Å²) in [6, 6.07) is 8.27. The first-order valence-corrected chi connectivity index (χ1v) is 9.65. The molecule has 0 unspecified atom stereocenters. The Morgan fingerprint density at radius 1 is 1.08 bits per heavy atom. The SMILES string of the molecule is Cc1ccc(NC(N)=NCC2(N3CCCCC3)CCN(C)CC2)cc1. The van der Waals surface area contributed by atoms with Crippen LogP contribution in [0.15, 0.2) is 29.3 Å². The average molecular weight is 344 g/mol. The van der Waals surface area contributed by atoms with Crippen molar-refractivity contribution in [2.24, 2.45) is 10.7 Å². The fourth-order valence-electron chi connectivity index (χ4n) is 4.03. The number of guanidine groups is 1. The quantitative estimate of drug-likeness (QED) is 0.652. The summed E-state index contributed by atoms with van der Waals surface area (Å²) in [6.45, 7) is 7.61. The van der Waals surface area contributed by atoms with Crippen molar-refractivity contribution >= 4 is 11.6 Å². The Morgan fingerprint density at radius 2 is 1.72 bits per heavy atom. The number of anilines is 1. The first-order chi connectivity index (χ1) is 12.1. The molecule has 3 rings (SSSR count). The molecule has 0 radical (unpaired) electrons. The molecule has 2 saturated heterocycles. The van der Waals surface area contributed by atoms with Crippen LogP contribution in [0.3, 0.4) is 0 Å². The third-order valence-electron chi connectivity index (χ3n) is 5.81. The Labute approximate surface area is 152 Å². The van der Waals surface area contributed by atoms with Gasteiger partial charge in [0.1, 0.15) is 0 Å². The summed E-state index contributed by atoms with van der Waals surface area (Å²) in [7, 11) is 2.22. The van der Waals surface area contributed by atoms with Crippen LogP contribution in [-0.4, -0.2) is 61.1 Å². The molecule has 5 nitrogen and oxygen atoms in total. The minimum atomic E-state index is 0.187. The van der Waals surface area contributed by atoms with Crippen molar-refractivity contribution in [3.8, 4) is 0 Å². The van der Waals surface area contributed by atoms with E-state index in [1.54, 1.807) is 0 Å². The van der Waals surface area contributed by atoms with E-state index in [2.05, 4.69) is 41.2 Å². The Hall–Kier alpha value is -1.59. The fourth-order valence-corrected chi connectivity index (χ4v) is 4.03.